The van der Waals surface area contributed by atoms with Crippen molar-refractivity contribution in [1.82, 2.24) is 4.98 Å². The Bertz CT molecular complexity index is 1260. The van der Waals surface area contributed by atoms with Gasteiger partial charge in [-0.05, 0) is 76.8 Å². The molecule has 36 heavy (non-hydrogen) atoms. The predicted octanol–water partition coefficient (Wildman–Crippen LogP) is 5.42. The van der Waals surface area contributed by atoms with E-state index >= 15 is 4.39 Å². The van der Waals surface area contributed by atoms with Gasteiger partial charge in [-0.25, -0.2) is 9.37 Å². The molecule has 0 spiro atoms. The molecule has 5 N–H and O–H groups in total. The molecular formula is C24H29F3N4O4S. The summed E-state index contributed by atoms with van der Waals surface area (Å²) in [5.74, 6) is -1.41. The van der Waals surface area contributed by atoms with Gasteiger partial charge < -0.3 is 15.8 Å². The van der Waals surface area contributed by atoms with Gasteiger partial charge in [-0.3, -0.25) is 18.9 Å². The number of aliphatic imine (C=N–C) groups is 1. The van der Waals surface area contributed by atoms with Crippen molar-refractivity contribution in [2.75, 3.05) is 5.32 Å². The Kier molecular flexibility index (Phi) is 6.29. The molecule has 0 saturated carbocycles. The minimum Gasteiger partial charge on any atom is -0.433 e. The summed E-state index contributed by atoms with van der Waals surface area (Å²) in [6, 6.07) is 5.17. The maximum atomic E-state index is 15.3. The smallest absolute Gasteiger partial charge is 0.387 e. The largest absolute Gasteiger partial charge is 0.433 e. The first-order valence-electron chi connectivity index (χ1n) is 11.3. The van der Waals surface area contributed by atoms with E-state index in [0.717, 1.165) is 12.3 Å². The van der Waals surface area contributed by atoms with Gasteiger partial charge in [0.2, 0.25) is 0 Å². The molecule has 0 radical (unpaired) electrons. The zero-order valence-electron chi connectivity index (χ0n) is 20.3. The number of aromatic nitrogens is 1. The number of nitrogens with zero attached hydrogens (tertiary/aromatic N) is 2. The average molecular weight is 527 g/mol. The normalized spacial score (nSPS) is 29.9. The van der Waals surface area contributed by atoms with Crippen LogP contribution < -0.4 is 15.8 Å². The molecule has 196 valence electrons. The fourth-order valence-corrected chi connectivity index (χ4v) is 8.18. The minimum atomic E-state index is -3.37. The van der Waals surface area contributed by atoms with Gasteiger partial charge in [0.05, 0.1) is 10.9 Å². The third-order valence-corrected chi connectivity index (χ3v) is 11.2. The van der Waals surface area contributed by atoms with E-state index in [9.17, 15) is 22.7 Å². The van der Waals surface area contributed by atoms with Gasteiger partial charge in [0, 0.05) is 11.3 Å². The lowest BCUT2D eigenvalue weighted by molar-refractivity contribution is -0.0501. The summed E-state index contributed by atoms with van der Waals surface area (Å²) >= 11 is 0. The highest BCUT2D eigenvalue weighted by Crippen LogP contribution is 2.75. The maximum Gasteiger partial charge on any atom is 0.387 e. The quantitative estimate of drug-likeness (QED) is 0.412. The van der Waals surface area contributed by atoms with Gasteiger partial charge in [-0.1, -0.05) is 0 Å². The van der Waals surface area contributed by atoms with E-state index in [1.165, 1.54) is 25.1 Å². The number of rotatable bonds is 5. The first-order valence-corrected chi connectivity index (χ1v) is 12.9. The molecule has 2 aromatic rings. The van der Waals surface area contributed by atoms with Gasteiger partial charge in [0.1, 0.15) is 33.4 Å². The summed E-state index contributed by atoms with van der Waals surface area (Å²) in [6.07, 6.45) is 2.52. The van der Waals surface area contributed by atoms with Crippen LogP contribution in [0.3, 0.4) is 0 Å². The van der Waals surface area contributed by atoms with E-state index in [4.69, 9.17) is 5.73 Å². The summed E-state index contributed by atoms with van der Waals surface area (Å²) in [6.45, 7) is 3.48. The van der Waals surface area contributed by atoms with Crippen molar-refractivity contribution in [3.63, 3.8) is 0 Å². The monoisotopic (exact) mass is 526 g/mol. The summed E-state index contributed by atoms with van der Waals surface area (Å²) in [7, 11) is -3.37. The number of hydrogen-bond acceptors (Lipinski definition) is 7. The topological polar surface area (TPSA) is 130 Å². The van der Waals surface area contributed by atoms with Crippen LogP contribution in [-0.4, -0.2) is 41.9 Å². The Hall–Kier alpha value is -2.83. The van der Waals surface area contributed by atoms with Crippen molar-refractivity contribution >= 4 is 28.0 Å². The van der Waals surface area contributed by atoms with E-state index < -0.39 is 44.0 Å². The van der Waals surface area contributed by atoms with Gasteiger partial charge in [0.15, 0.2) is 0 Å². The SMILES string of the molecule is Cc1cc(OC(F)F)cnc1C(=O)Nc1ccc(F)c([C@@]2(C)N=C(N)[C@]3(C)CCC[C@@]2(C)S3(O)O)c1. The number of aryl methyl sites for hydroxylation is 1. The van der Waals surface area contributed by atoms with E-state index in [1.54, 1.807) is 20.8 Å². The predicted molar refractivity (Wildman–Crippen MR) is 132 cm³/mol. The lowest BCUT2D eigenvalue weighted by Gasteiger charge is -2.68. The Labute approximate surface area is 208 Å². The van der Waals surface area contributed by atoms with Crippen LogP contribution in [0, 0.1) is 12.7 Å². The van der Waals surface area contributed by atoms with E-state index in [2.05, 4.69) is 20.0 Å². The fourth-order valence-electron chi connectivity index (χ4n) is 5.28. The molecule has 8 nitrogen and oxygen atoms in total. The highest BCUT2D eigenvalue weighted by atomic mass is 32.3. The number of pyridine rings is 1. The Balaban J connectivity index is 1.72. The summed E-state index contributed by atoms with van der Waals surface area (Å²) in [5, 5.41) is 2.64. The number of alkyl halides is 2. The zero-order valence-corrected chi connectivity index (χ0v) is 21.1. The maximum absolute atomic E-state index is 15.3. The first-order chi connectivity index (χ1) is 16.7. The van der Waals surface area contributed by atoms with Crippen LogP contribution in [0.4, 0.5) is 18.9 Å². The molecule has 1 saturated heterocycles. The summed E-state index contributed by atoms with van der Waals surface area (Å²) in [4.78, 5) is 21.4. The lowest BCUT2D eigenvalue weighted by atomic mass is 9.74. The molecule has 4 rings (SSSR count). The van der Waals surface area contributed by atoms with Gasteiger partial charge >= 0.3 is 6.61 Å². The molecule has 2 aliphatic rings. The van der Waals surface area contributed by atoms with Crippen molar-refractivity contribution in [2.24, 2.45) is 10.7 Å². The number of fused-ring (bicyclic) bond motifs is 2. The number of hydrogen-bond donors (Lipinski definition) is 4. The van der Waals surface area contributed by atoms with E-state index in [1.807, 2.05) is 0 Å². The van der Waals surface area contributed by atoms with Gasteiger partial charge in [-0.15, -0.1) is 0 Å². The van der Waals surface area contributed by atoms with Crippen molar-refractivity contribution in [2.45, 2.75) is 68.6 Å². The zero-order chi connectivity index (χ0) is 26.7. The third-order valence-electron chi connectivity index (χ3n) is 7.72. The average Bonchev–Trinajstić information content (AvgIpc) is 2.77. The molecule has 0 aliphatic carbocycles. The van der Waals surface area contributed by atoms with E-state index in [0.29, 0.717) is 24.8 Å². The number of halogens is 3. The Morgan fingerprint density at radius 3 is 2.56 bits per heavy atom. The summed E-state index contributed by atoms with van der Waals surface area (Å²) < 4.78 is 65.0. The van der Waals surface area contributed by atoms with Crippen LogP contribution >= 0.6 is 10.6 Å². The molecule has 1 amide bonds. The number of ether oxygens (including phenoxy) is 1. The van der Waals surface area contributed by atoms with Crippen molar-refractivity contribution in [3.8, 4) is 5.75 Å². The number of carbonyl (C=O) groups excluding carboxylic acids is 1. The number of amidine groups is 1. The van der Waals surface area contributed by atoms with Crippen LogP contribution in [0.1, 0.15) is 61.6 Å². The molecule has 1 fully saturated rings. The second-order valence-corrected chi connectivity index (χ2v) is 12.7. The fraction of sp³-hybridized carbons (Fsp3) is 0.458. The molecule has 0 unspecified atom stereocenters. The Morgan fingerprint density at radius 2 is 1.92 bits per heavy atom. The third kappa shape index (κ3) is 3.73. The number of nitrogens with two attached hydrogens (primary N) is 1. The molecule has 1 aromatic carbocycles. The van der Waals surface area contributed by atoms with Crippen molar-refractivity contribution < 1.29 is 31.8 Å². The number of amides is 1. The number of anilines is 1. The van der Waals surface area contributed by atoms with Crippen molar-refractivity contribution in [1.29, 1.82) is 0 Å². The standard InChI is InChI=1S/C24H29F3N4O4S/c1-13-10-15(35-21(26)27)12-29-18(13)19(32)30-14-6-7-17(25)16(11-14)24(4)23(3)9-5-8-22(2,20(28)31-24)36(23,33)34/h6-7,10-12,21,33-34H,5,8-9H2,1-4H3,(H2,28,31)(H,30,32)/t22-,23+,24+/m0/s1. The minimum absolute atomic E-state index is 0.0298. The van der Waals surface area contributed by atoms with E-state index in [-0.39, 0.29) is 28.5 Å². The second-order valence-electron chi connectivity index (χ2n) is 9.80. The van der Waals surface area contributed by atoms with Crippen LogP contribution in [0.15, 0.2) is 35.5 Å². The number of nitrogens with one attached hydrogen (secondary N) is 1. The molecule has 12 heteroatoms. The second kappa shape index (κ2) is 8.63. The first kappa shape index (κ1) is 26.2. The van der Waals surface area contributed by atoms with Crippen LogP contribution in [0.25, 0.3) is 0 Å². The highest BCUT2D eigenvalue weighted by Gasteiger charge is 2.67. The molecule has 3 atom stereocenters. The molecule has 2 aliphatic heterocycles. The highest BCUT2D eigenvalue weighted by molar-refractivity contribution is 8.27. The molecule has 1 aromatic heterocycles. The summed E-state index contributed by atoms with van der Waals surface area (Å²) in [5.41, 5.74) is 5.37. The lowest BCUT2D eigenvalue weighted by Crippen LogP contribution is -2.66. The molecular weight excluding hydrogens is 497 g/mol. The molecule has 3 heterocycles. The van der Waals surface area contributed by atoms with Crippen LogP contribution in [0.2, 0.25) is 0 Å². The van der Waals surface area contributed by atoms with Gasteiger partial charge in [-0.2, -0.15) is 19.4 Å². The Morgan fingerprint density at radius 1 is 1.22 bits per heavy atom. The van der Waals surface area contributed by atoms with Crippen LogP contribution in [0.5, 0.6) is 5.75 Å². The van der Waals surface area contributed by atoms with Crippen LogP contribution in [-0.2, 0) is 5.54 Å². The van der Waals surface area contributed by atoms with Crippen molar-refractivity contribution in [3.05, 3.63) is 53.1 Å². The number of benzene rings is 1. The van der Waals surface area contributed by atoms with Gasteiger partial charge in [0.25, 0.3) is 5.91 Å². The molecule has 2 bridgehead atoms. The number of carbonyl (C=O) groups is 1.